The molecular weight excluding hydrogens is 380 g/mol. The maximum atomic E-state index is 12.9. The number of likely N-dealkylation sites (tertiary alicyclic amines) is 1. The summed E-state index contributed by atoms with van der Waals surface area (Å²) in [7, 11) is 0. The van der Waals surface area contributed by atoms with E-state index in [9.17, 15) is 9.59 Å². The number of nitrogens with one attached hydrogen (secondary N) is 1. The van der Waals surface area contributed by atoms with Gasteiger partial charge < -0.3 is 14.7 Å². The summed E-state index contributed by atoms with van der Waals surface area (Å²) in [5.41, 5.74) is 3.30. The Morgan fingerprint density at radius 2 is 1.97 bits per heavy atom. The number of amides is 2. The molecule has 7 nitrogen and oxygen atoms in total. The van der Waals surface area contributed by atoms with E-state index in [0.717, 1.165) is 30.5 Å². The van der Waals surface area contributed by atoms with Crippen LogP contribution in [0, 0.1) is 6.92 Å². The summed E-state index contributed by atoms with van der Waals surface area (Å²) in [5.74, 6) is 0.995. The van der Waals surface area contributed by atoms with Crippen molar-refractivity contribution in [3.63, 3.8) is 0 Å². The van der Waals surface area contributed by atoms with Gasteiger partial charge in [-0.3, -0.25) is 9.59 Å². The van der Waals surface area contributed by atoms with Crippen molar-refractivity contribution in [3.05, 3.63) is 65.5 Å². The van der Waals surface area contributed by atoms with Crippen LogP contribution in [0.4, 0.5) is 5.69 Å². The molecular formula is C23H24N4O3. The third-order valence-electron chi connectivity index (χ3n) is 5.23. The van der Waals surface area contributed by atoms with Gasteiger partial charge in [0, 0.05) is 36.8 Å². The van der Waals surface area contributed by atoms with Crippen LogP contribution in [0.1, 0.15) is 47.5 Å². The average Bonchev–Trinajstić information content (AvgIpc) is 3.24. The highest BCUT2D eigenvalue weighted by Gasteiger charge is 2.29. The van der Waals surface area contributed by atoms with Crippen LogP contribution in [0.25, 0.3) is 11.4 Å². The van der Waals surface area contributed by atoms with Crippen LogP contribution in [-0.2, 0) is 4.79 Å². The predicted molar refractivity (Wildman–Crippen MR) is 113 cm³/mol. The lowest BCUT2D eigenvalue weighted by Gasteiger charge is -2.31. The second-order valence-electron chi connectivity index (χ2n) is 7.67. The molecule has 2 heterocycles. The summed E-state index contributed by atoms with van der Waals surface area (Å²) in [6.07, 6.45) is 1.80. The topological polar surface area (TPSA) is 88.3 Å². The van der Waals surface area contributed by atoms with Crippen molar-refractivity contribution in [3.8, 4) is 11.4 Å². The van der Waals surface area contributed by atoms with E-state index < -0.39 is 0 Å². The van der Waals surface area contributed by atoms with E-state index in [2.05, 4.69) is 15.5 Å². The van der Waals surface area contributed by atoms with Crippen LogP contribution in [0.2, 0.25) is 0 Å². The van der Waals surface area contributed by atoms with E-state index in [0.29, 0.717) is 29.5 Å². The number of nitrogens with zero attached hydrogens (tertiary/aromatic N) is 3. The summed E-state index contributed by atoms with van der Waals surface area (Å²) in [4.78, 5) is 30.5. The van der Waals surface area contributed by atoms with Gasteiger partial charge in [0.2, 0.25) is 17.6 Å². The van der Waals surface area contributed by atoms with Crippen molar-refractivity contribution in [2.75, 3.05) is 18.4 Å². The van der Waals surface area contributed by atoms with Crippen molar-refractivity contribution in [1.29, 1.82) is 0 Å². The van der Waals surface area contributed by atoms with Crippen LogP contribution < -0.4 is 5.32 Å². The van der Waals surface area contributed by atoms with E-state index >= 15 is 0 Å². The van der Waals surface area contributed by atoms with E-state index in [4.69, 9.17) is 4.52 Å². The minimum Gasteiger partial charge on any atom is -0.339 e. The lowest BCUT2D eigenvalue weighted by molar-refractivity contribution is -0.114. The smallest absolute Gasteiger partial charge is 0.253 e. The molecule has 1 aromatic heterocycles. The summed E-state index contributed by atoms with van der Waals surface area (Å²) in [6.45, 7) is 4.75. The first kappa shape index (κ1) is 19.8. The van der Waals surface area contributed by atoms with Crippen LogP contribution in [0.15, 0.2) is 53.1 Å². The number of aryl methyl sites for hydroxylation is 1. The quantitative estimate of drug-likeness (QED) is 0.709. The number of hydrogen-bond acceptors (Lipinski definition) is 5. The maximum Gasteiger partial charge on any atom is 0.253 e. The third-order valence-corrected chi connectivity index (χ3v) is 5.23. The molecule has 0 radical (unpaired) electrons. The number of hydrogen-bond donors (Lipinski definition) is 1. The van der Waals surface area contributed by atoms with E-state index in [-0.39, 0.29) is 17.7 Å². The number of rotatable bonds is 4. The van der Waals surface area contributed by atoms with Gasteiger partial charge in [0.15, 0.2) is 0 Å². The van der Waals surface area contributed by atoms with Crippen LogP contribution >= 0.6 is 0 Å². The summed E-state index contributed by atoms with van der Waals surface area (Å²) >= 11 is 0. The van der Waals surface area contributed by atoms with Gasteiger partial charge in [0.1, 0.15) is 0 Å². The molecule has 4 rings (SSSR count). The molecule has 1 aliphatic heterocycles. The standard InChI is InChI=1S/C23H24N4O3/c1-15-5-3-6-18(13-15)23(29)27-12-4-7-19(14-27)22-25-21(26-30-22)17-8-10-20(11-9-17)24-16(2)28/h3,5-6,8-11,13,19H,4,7,12,14H2,1-2H3,(H,24,28)/t19-/m0/s1. The van der Waals surface area contributed by atoms with Crippen LogP contribution in [0.5, 0.6) is 0 Å². The second-order valence-corrected chi connectivity index (χ2v) is 7.67. The molecule has 0 spiro atoms. The highest BCUT2D eigenvalue weighted by Crippen LogP contribution is 2.28. The van der Waals surface area contributed by atoms with E-state index in [1.54, 1.807) is 12.1 Å². The minimum absolute atomic E-state index is 0.0208. The van der Waals surface area contributed by atoms with Crippen LogP contribution in [-0.4, -0.2) is 39.9 Å². The fourth-order valence-corrected chi connectivity index (χ4v) is 3.75. The number of piperidine rings is 1. The first-order valence-electron chi connectivity index (χ1n) is 10.1. The van der Waals surface area contributed by atoms with Gasteiger partial charge in [-0.1, -0.05) is 22.9 Å². The molecule has 7 heteroatoms. The molecule has 1 atom stereocenters. The van der Waals surface area contributed by atoms with Gasteiger partial charge in [-0.05, 0) is 56.2 Å². The molecule has 0 saturated carbocycles. The largest absolute Gasteiger partial charge is 0.339 e. The zero-order chi connectivity index (χ0) is 21.1. The average molecular weight is 404 g/mol. The van der Waals surface area contributed by atoms with Crippen LogP contribution in [0.3, 0.4) is 0 Å². The molecule has 30 heavy (non-hydrogen) atoms. The molecule has 3 aromatic rings. The number of benzene rings is 2. The molecule has 0 aliphatic carbocycles. The number of carbonyl (C=O) groups is 2. The minimum atomic E-state index is -0.119. The zero-order valence-electron chi connectivity index (χ0n) is 17.1. The summed E-state index contributed by atoms with van der Waals surface area (Å²) in [5, 5.41) is 6.85. The maximum absolute atomic E-state index is 12.9. The molecule has 1 N–H and O–H groups in total. The normalized spacial score (nSPS) is 16.3. The number of anilines is 1. The summed E-state index contributed by atoms with van der Waals surface area (Å²) in [6, 6.07) is 15.0. The Morgan fingerprint density at radius 1 is 1.17 bits per heavy atom. The Kier molecular flexibility index (Phi) is 5.61. The Balaban J connectivity index is 1.46. The van der Waals surface area contributed by atoms with Gasteiger partial charge in [0.05, 0.1) is 5.92 Å². The number of aromatic nitrogens is 2. The lowest BCUT2D eigenvalue weighted by atomic mass is 9.97. The van der Waals surface area contributed by atoms with Gasteiger partial charge in [-0.25, -0.2) is 0 Å². The lowest BCUT2D eigenvalue weighted by Crippen LogP contribution is -2.39. The first-order chi connectivity index (χ1) is 14.5. The fraction of sp³-hybridized carbons (Fsp3) is 0.304. The molecule has 2 aromatic carbocycles. The van der Waals surface area contributed by atoms with E-state index in [1.807, 2.05) is 48.2 Å². The van der Waals surface area contributed by atoms with Gasteiger partial charge >= 0.3 is 0 Å². The molecule has 0 bridgehead atoms. The van der Waals surface area contributed by atoms with Gasteiger partial charge in [-0.2, -0.15) is 4.98 Å². The van der Waals surface area contributed by atoms with Gasteiger partial charge in [0.25, 0.3) is 5.91 Å². The Morgan fingerprint density at radius 3 is 2.70 bits per heavy atom. The van der Waals surface area contributed by atoms with Crippen molar-refractivity contribution < 1.29 is 14.1 Å². The SMILES string of the molecule is CC(=O)Nc1ccc(-c2noc([C@H]3CCCN(C(=O)c4cccc(C)c4)C3)n2)cc1. The van der Waals surface area contributed by atoms with Crippen molar-refractivity contribution in [2.45, 2.75) is 32.6 Å². The second kappa shape index (κ2) is 8.49. The Hall–Kier alpha value is -3.48. The first-order valence-corrected chi connectivity index (χ1v) is 10.1. The summed E-state index contributed by atoms with van der Waals surface area (Å²) < 4.78 is 5.54. The van der Waals surface area contributed by atoms with Crippen molar-refractivity contribution in [1.82, 2.24) is 15.0 Å². The Bertz CT molecular complexity index is 1060. The third kappa shape index (κ3) is 4.40. The van der Waals surface area contributed by atoms with Crippen molar-refractivity contribution >= 4 is 17.5 Å². The number of carbonyl (C=O) groups excluding carboxylic acids is 2. The van der Waals surface area contributed by atoms with E-state index in [1.165, 1.54) is 6.92 Å². The predicted octanol–water partition coefficient (Wildman–Crippen LogP) is 4.02. The molecule has 1 fully saturated rings. The molecule has 0 unspecified atom stereocenters. The molecule has 1 saturated heterocycles. The highest BCUT2D eigenvalue weighted by molar-refractivity contribution is 5.94. The molecule has 1 aliphatic rings. The van der Waals surface area contributed by atoms with Gasteiger partial charge in [-0.15, -0.1) is 0 Å². The molecule has 154 valence electrons. The van der Waals surface area contributed by atoms with Crippen molar-refractivity contribution in [2.24, 2.45) is 0 Å². The monoisotopic (exact) mass is 404 g/mol. The molecule has 2 amide bonds. The zero-order valence-corrected chi connectivity index (χ0v) is 17.1. The fourth-order valence-electron chi connectivity index (χ4n) is 3.75. The highest BCUT2D eigenvalue weighted by atomic mass is 16.5. The Labute approximate surface area is 175 Å².